The molecule has 1 aromatic carbocycles. The van der Waals surface area contributed by atoms with Crippen molar-refractivity contribution in [3.05, 3.63) is 39.6 Å². The van der Waals surface area contributed by atoms with Crippen molar-refractivity contribution in [3.63, 3.8) is 0 Å². The van der Waals surface area contributed by atoms with Crippen LogP contribution >= 0.6 is 27.3 Å². The normalized spacial score (nSPS) is 15.8. The van der Waals surface area contributed by atoms with Crippen LogP contribution in [0, 0.1) is 11.7 Å². The van der Waals surface area contributed by atoms with Crippen LogP contribution in [0.5, 0.6) is 5.75 Å². The van der Waals surface area contributed by atoms with Crippen molar-refractivity contribution in [2.45, 2.75) is 26.3 Å². The van der Waals surface area contributed by atoms with Gasteiger partial charge in [-0.25, -0.2) is 9.37 Å². The van der Waals surface area contributed by atoms with E-state index in [1.807, 2.05) is 5.38 Å². The predicted octanol–water partition coefficient (Wildman–Crippen LogP) is 4.29. The molecule has 1 saturated heterocycles. The van der Waals surface area contributed by atoms with Crippen LogP contribution in [0.4, 0.5) is 9.52 Å². The Morgan fingerprint density at radius 1 is 1.46 bits per heavy atom. The number of likely N-dealkylation sites (tertiary alicyclic amines) is 1. The third-order valence-corrected chi connectivity index (χ3v) is 5.74. The summed E-state index contributed by atoms with van der Waals surface area (Å²) in [5.74, 6) is 0.555. The zero-order chi connectivity index (χ0) is 18.5. The summed E-state index contributed by atoms with van der Waals surface area (Å²) in [6, 6.07) is 4.06. The van der Waals surface area contributed by atoms with Gasteiger partial charge in [-0.3, -0.25) is 15.0 Å². The number of thiazole rings is 1. The van der Waals surface area contributed by atoms with Crippen molar-refractivity contribution in [3.8, 4) is 5.75 Å². The Kier molecular flexibility index (Phi) is 6.61. The zero-order valence-corrected chi connectivity index (χ0v) is 16.9. The van der Waals surface area contributed by atoms with Crippen LogP contribution in [0.2, 0.25) is 0 Å². The quantitative estimate of drug-likeness (QED) is 0.725. The molecule has 0 radical (unpaired) electrons. The van der Waals surface area contributed by atoms with Gasteiger partial charge in [0.05, 0.1) is 10.2 Å². The summed E-state index contributed by atoms with van der Waals surface area (Å²) < 4.78 is 18.9. The second kappa shape index (κ2) is 8.92. The Bertz CT molecular complexity index is 763. The number of carbonyl (C=O) groups is 1. The van der Waals surface area contributed by atoms with E-state index in [9.17, 15) is 9.18 Å². The second-order valence-electron chi connectivity index (χ2n) is 6.51. The Morgan fingerprint density at radius 2 is 2.23 bits per heavy atom. The number of benzene rings is 1. The largest absolute Gasteiger partial charge is 0.483 e. The number of ether oxygens (including phenoxy) is 1. The predicted molar refractivity (Wildman–Crippen MR) is 104 cm³/mol. The Morgan fingerprint density at radius 3 is 2.96 bits per heavy atom. The molecular formula is C18H21BrFN3O2S. The Hall–Kier alpha value is -1.51. The van der Waals surface area contributed by atoms with Crippen LogP contribution in [-0.4, -0.2) is 35.5 Å². The average molecular weight is 442 g/mol. The van der Waals surface area contributed by atoms with Gasteiger partial charge in [0.15, 0.2) is 11.7 Å². The number of rotatable bonds is 6. The summed E-state index contributed by atoms with van der Waals surface area (Å²) in [6.07, 6.45) is 2.45. The second-order valence-corrected chi connectivity index (χ2v) is 8.23. The van der Waals surface area contributed by atoms with Gasteiger partial charge in [0.2, 0.25) is 0 Å². The molecule has 1 fully saturated rings. The summed E-state index contributed by atoms with van der Waals surface area (Å²) >= 11 is 4.62. The maximum absolute atomic E-state index is 13.0. The van der Waals surface area contributed by atoms with Crippen molar-refractivity contribution in [1.29, 1.82) is 0 Å². The van der Waals surface area contributed by atoms with E-state index in [1.54, 1.807) is 0 Å². The molecule has 0 atom stereocenters. The van der Waals surface area contributed by atoms with Crippen molar-refractivity contribution in [1.82, 2.24) is 9.88 Å². The third kappa shape index (κ3) is 5.49. The Labute approximate surface area is 164 Å². The number of piperidine rings is 1. The first-order valence-electron chi connectivity index (χ1n) is 8.54. The van der Waals surface area contributed by atoms with Crippen LogP contribution < -0.4 is 10.1 Å². The summed E-state index contributed by atoms with van der Waals surface area (Å²) in [6.45, 7) is 5.14. The molecule has 1 aliphatic rings. The van der Waals surface area contributed by atoms with Gasteiger partial charge >= 0.3 is 0 Å². The minimum atomic E-state index is -0.368. The maximum atomic E-state index is 13.0. The molecular weight excluding hydrogens is 421 g/mol. The summed E-state index contributed by atoms with van der Waals surface area (Å²) in [4.78, 5) is 18.9. The summed E-state index contributed by atoms with van der Waals surface area (Å²) in [7, 11) is 0. The van der Waals surface area contributed by atoms with Crippen LogP contribution in [0.25, 0.3) is 0 Å². The fourth-order valence-electron chi connectivity index (χ4n) is 2.78. The minimum absolute atomic E-state index is 0.164. The zero-order valence-electron chi connectivity index (χ0n) is 14.5. The summed E-state index contributed by atoms with van der Waals surface area (Å²) in [5.41, 5.74) is 0.974. The van der Waals surface area contributed by atoms with Gasteiger partial charge in [0.25, 0.3) is 5.91 Å². The van der Waals surface area contributed by atoms with E-state index < -0.39 is 0 Å². The van der Waals surface area contributed by atoms with Crippen molar-refractivity contribution >= 4 is 38.3 Å². The minimum Gasteiger partial charge on any atom is -0.483 e. The van der Waals surface area contributed by atoms with Crippen molar-refractivity contribution < 1.29 is 13.9 Å². The van der Waals surface area contributed by atoms with E-state index in [1.165, 1.54) is 42.4 Å². The molecule has 2 aromatic rings. The summed E-state index contributed by atoms with van der Waals surface area (Å²) in [5, 5.41) is 5.29. The van der Waals surface area contributed by atoms with E-state index in [2.05, 4.69) is 38.1 Å². The lowest BCUT2D eigenvalue weighted by Gasteiger charge is -2.29. The van der Waals surface area contributed by atoms with E-state index in [0.717, 1.165) is 31.2 Å². The first-order valence-corrected chi connectivity index (χ1v) is 10.2. The highest BCUT2D eigenvalue weighted by molar-refractivity contribution is 9.10. The lowest BCUT2D eigenvalue weighted by molar-refractivity contribution is -0.118. The lowest BCUT2D eigenvalue weighted by atomic mass is 9.99. The number of aromatic nitrogens is 1. The van der Waals surface area contributed by atoms with Gasteiger partial charge in [-0.2, -0.15) is 0 Å². The first kappa shape index (κ1) is 19.3. The number of anilines is 1. The SMILES string of the molecule is CC1CCN(Cc2csc(NC(=O)COc3ccc(F)cc3Br)n2)CC1. The van der Waals surface area contributed by atoms with E-state index in [-0.39, 0.29) is 18.3 Å². The molecule has 140 valence electrons. The van der Waals surface area contributed by atoms with E-state index in [4.69, 9.17) is 4.74 Å². The fourth-order valence-corrected chi connectivity index (χ4v) is 3.96. The van der Waals surface area contributed by atoms with Gasteiger partial charge in [0.1, 0.15) is 11.6 Å². The highest BCUT2D eigenvalue weighted by Gasteiger charge is 2.17. The van der Waals surface area contributed by atoms with Crippen LogP contribution in [-0.2, 0) is 11.3 Å². The Balaban J connectivity index is 1.46. The van der Waals surface area contributed by atoms with Gasteiger partial charge < -0.3 is 4.74 Å². The smallest absolute Gasteiger partial charge is 0.264 e. The van der Waals surface area contributed by atoms with Crippen molar-refractivity contribution in [2.75, 3.05) is 25.0 Å². The number of nitrogens with one attached hydrogen (secondary N) is 1. The third-order valence-electron chi connectivity index (χ3n) is 4.31. The number of nitrogens with zero attached hydrogens (tertiary/aromatic N) is 2. The molecule has 3 rings (SSSR count). The van der Waals surface area contributed by atoms with Crippen molar-refractivity contribution in [2.24, 2.45) is 5.92 Å². The molecule has 1 aromatic heterocycles. The standard InChI is InChI=1S/C18H21BrFN3O2S/c1-12-4-6-23(7-5-12)9-14-11-26-18(21-14)22-17(24)10-25-16-3-2-13(20)8-15(16)19/h2-3,8,11-12H,4-7,9-10H2,1H3,(H,21,22,24). The molecule has 1 N–H and O–H groups in total. The number of halogens is 2. The molecule has 5 nitrogen and oxygen atoms in total. The lowest BCUT2D eigenvalue weighted by Crippen LogP contribution is -2.32. The van der Waals surface area contributed by atoms with Gasteiger partial charge in [-0.1, -0.05) is 6.92 Å². The molecule has 0 saturated carbocycles. The molecule has 0 aliphatic carbocycles. The van der Waals surface area contributed by atoms with E-state index in [0.29, 0.717) is 15.4 Å². The molecule has 0 bridgehead atoms. The first-order chi connectivity index (χ1) is 12.5. The topological polar surface area (TPSA) is 54.5 Å². The monoisotopic (exact) mass is 441 g/mol. The molecule has 8 heteroatoms. The number of hydrogen-bond donors (Lipinski definition) is 1. The number of hydrogen-bond acceptors (Lipinski definition) is 5. The molecule has 2 heterocycles. The number of amides is 1. The van der Waals surface area contributed by atoms with Crippen LogP contribution in [0.3, 0.4) is 0 Å². The molecule has 0 spiro atoms. The average Bonchev–Trinajstić information content (AvgIpc) is 3.03. The highest BCUT2D eigenvalue weighted by atomic mass is 79.9. The van der Waals surface area contributed by atoms with Gasteiger partial charge in [-0.05, 0) is 66.0 Å². The number of carbonyl (C=O) groups excluding carboxylic acids is 1. The molecule has 1 amide bonds. The molecule has 1 aliphatic heterocycles. The fraction of sp³-hybridized carbons (Fsp3) is 0.444. The van der Waals surface area contributed by atoms with Crippen LogP contribution in [0.15, 0.2) is 28.1 Å². The molecule has 26 heavy (non-hydrogen) atoms. The van der Waals surface area contributed by atoms with E-state index >= 15 is 0 Å². The maximum Gasteiger partial charge on any atom is 0.264 e. The highest BCUT2D eigenvalue weighted by Crippen LogP contribution is 2.25. The van der Waals surface area contributed by atoms with Crippen LogP contribution in [0.1, 0.15) is 25.5 Å². The van der Waals surface area contributed by atoms with Gasteiger partial charge in [-0.15, -0.1) is 11.3 Å². The molecule has 0 unspecified atom stereocenters. The van der Waals surface area contributed by atoms with Gasteiger partial charge in [0, 0.05) is 11.9 Å².